The van der Waals surface area contributed by atoms with Crippen LogP contribution in [0.4, 0.5) is 0 Å². The molecule has 0 fully saturated rings. The molecule has 2 aromatic carbocycles. The molecule has 1 aromatic heterocycles. The van der Waals surface area contributed by atoms with E-state index < -0.39 is 18.0 Å². The van der Waals surface area contributed by atoms with Gasteiger partial charge in [0.25, 0.3) is 5.56 Å². The van der Waals surface area contributed by atoms with Crippen LogP contribution >= 0.6 is 11.3 Å². The van der Waals surface area contributed by atoms with Crippen molar-refractivity contribution in [2.75, 3.05) is 6.61 Å². The topological polar surface area (TPSA) is 87.0 Å². The number of rotatable bonds is 5. The average molecular weight is 477 g/mol. The fourth-order valence-corrected chi connectivity index (χ4v) is 4.85. The second kappa shape index (κ2) is 9.61. The molecule has 1 aliphatic rings. The zero-order valence-corrected chi connectivity index (χ0v) is 20.1. The molecular formula is C26H24N2O5S. The molecule has 1 aliphatic heterocycles. The molecule has 7 nitrogen and oxygen atoms in total. The summed E-state index contributed by atoms with van der Waals surface area (Å²) >= 11 is 1.27. The van der Waals surface area contributed by atoms with Crippen molar-refractivity contribution in [3.8, 4) is 5.75 Å². The number of esters is 2. The number of carbonyl (C=O) groups is 2. The Bertz CT molecular complexity index is 1460. The maximum atomic E-state index is 13.6. The van der Waals surface area contributed by atoms with Crippen LogP contribution in [0.1, 0.15) is 43.5 Å². The standard InChI is InChI=1S/C26H24N2O5S/c1-5-32-25(31)22-16(3)27-26-28(23(22)19-10-12-20(13-11-19)33-17(4)29)24(30)21(34-26)14-18-8-6-15(2)7-9-18/h6-14,23H,5H2,1-4H3/t23-/m1/s1. The third-order valence-electron chi connectivity index (χ3n) is 5.35. The third-order valence-corrected chi connectivity index (χ3v) is 6.33. The summed E-state index contributed by atoms with van der Waals surface area (Å²) in [6.45, 7) is 7.00. The van der Waals surface area contributed by atoms with Crippen LogP contribution in [-0.2, 0) is 14.3 Å². The minimum Gasteiger partial charge on any atom is -0.463 e. The van der Waals surface area contributed by atoms with Gasteiger partial charge in [-0.05, 0) is 50.1 Å². The van der Waals surface area contributed by atoms with Crippen molar-refractivity contribution in [3.63, 3.8) is 0 Å². The van der Waals surface area contributed by atoms with Crippen LogP contribution in [-0.4, -0.2) is 23.1 Å². The fourth-order valence-electron chi connectivity index (χ4n) is 3.81. The monoisotopic (exact) mass is 476 g/mol. The van der Waals surface area contributed by atoms with Crippen LogP contribution in [0, 0.1) is 6.92 Å². The predicted molar refractivity (Wildman–Crippen MR) is 129 cm³/mol. The molecule has 0 radical (unpaired) electrons. The van der Waals surface area contributed by atoms with E-state index in [9.17, 15) is 14.4 Å². The lowest BCUT2D eigenvalue weighted by molar-refractivity contribution is -0.139. The lowest BCUT2D eigenvalue weighted by atomic mass is 9.96. The normalized spacial score (nSPS) is 15.5. The molecule has 4 rings (SSSR count). The van der Waals surface area contributed by atoms with Gasteiger partial charge < -0.3 is 9.47 Å². The molecule has 0 spiro atoms. The van der Waals surface area contributed by atoms with Crippen LogP contribution in [0.2, 0.25) is 0 Å². The molecule has 0 bridgehead atoms. The zero-order valence-electron chi connectivity index (χ0n) is 19.3. The van der Waals surface area contributed by atoms with Gasteiger partial charge in [-0.3, -0.25) is 14.2 Å². The van der Waals surface area contributed by atoms with Crippen molar-refractivity contribution >= 4 is 29.4 Å². The van der Waals surface area contributed by atoms with Crippen molar-refractivity contribution < 1.29 is 19.1 Å². The zero-order chi connectivity index (χ0) is 24.4. The molecule has 34 heavy (non-hydrogen) atoms. The molecule has 8 heteroatoms. The van der Waals surface area contributed by atoms with Crippen LogP contribution < -0.4 is 19.6 Å². The number of carbonyl (C=O) groups excluding carboxylic acids is 2. The number of aryl methyl sites for hydroxylation is 1. The van der Waals surface area contributed by atoms with Gasteiger partial charge in [0.1, 0.15) is 5.75 Å². The third kappa shape index (κ3) is 4.63. The van der Waals surface area contributed by atoms with E-state index in [0.717, 1.165) is 11.1 Å². The Morgan fingerprint density at radius 2 is 1.76 bits per heavy atom. The first-order valence-electron chi connectivity index (χ1n) is 10.8. The minimum atomic E-state index is -0.721. The second-order valence-corrected chi connectivity index (χ2v) is 8.88. The van der Waals surface area contributed by atoms with Gasteiger partial charge in [0.2, 0.25) is 0 Å². The summed E-state index contributed by atoms with van der Waals surface area (Å²) < 4.78 is 12.5. The molecule has 1 atom stereocenters. The van der Waals surface area contributed by atoms with Gasteiger partial charge in [0, 0.05) is 6.92 Å². The highest BCUT2D eigenvalue weighted by molar-refractivity contribution is 7.07. The van der Waals surface area contributed by atoms with Crippen LogP contribution in [0.5, 0.6) is 5.75 Å². The maximum Gasteiger partial charge on any atom is 0.338 e. The number of hydrogen-bond donors (Lipinski definition) is 0. The Balaban J connectivity index is 1.89. The molecule has 0 aliphatic carbocycles. The lowest BCUT2D eigenvalue weighted by Crippen LogP contribution is -2.39. The van der Waals surface area contributed by atoms with Gasteiger partial charge in [-0.2, -0.15) is 0 Å². The Morgan fingerprint density at radius 1 is 1.09 bits per heavy atom. The van der Waals surface area contributed by atoms with E-state index in [4.69, 9.17) is 9.47 Å². The maximum absolute atomic E-state index is 13.6. The van der Waals surface area contributed by atoms with Gasteiger partial charge in [-0.15, -0.1) is 0 Å². The summed E-state index contributed by atoms with van der Waals surface area (Å²) in [7, 11) is 0. The van der Waals surface area contributed by atoms with Crippen molar-refractivity contribution in [2.24, 2.45) is 4.99 Å². The van der Waals surface area contributed by atoms with Gasteiger partial charge in [-0.1, -0.05) is 53.3 Å². The molecule has 3 aromatic rings. The number of nitrogens with zero attached hydrogens (tertiary/aromatic N) is 2. The number of benzene rings is 2. The number of aromatic nitrogens is 1. The minimum absolute atomic E-state index is 0.200. The predicted octanol–water partition coefficient (Wildman–Crippen LogP) is 3.03. The molecule has 2 heterocycles. The van der Waals surface area contributed by atoms with E-state index in [1.165, 1.54) is 22.8 Å². The van der Waals surface area contributed by atoms with Gasteiger partial charge >= 0.3 is 11.9 Å². The van der Waals surface area contributed by atoms with E-state index in [1.807, 2.05) is 37.3 Å². The Kier molecular flexibility index (Phi) is 6.61. The van der Waals surface area contributed by atoms with Crippen LogP contribution in [0.25, 0.3) is 6.08 Å². The molecule has 0 amide bonds. The number of allylic oxidation sites excluding steroid dienone is 1. The number of thiazole rings is 1. The first kappa shape index (κ1) is 23.4. The summed E-state index contributed by atoms with van der Waals surface area (Å²) in [5.74, 6) is -0.577. The summed E-state index contributed by atoms with van der Waals surface area (Å²) in [6, 6.07) is 13.9. The highest BCUT2D eigenvalue weighted by Gasteiger charge is 2.33. The van der Waals surface area contributed by atoms with E-state index in [1.54, 1.807) is 38.1 Å². The Hall–Kier alpha value is -3.78. The molecule has 0 saturated carbocycles. The molecule has 174 valence electrons. The summed E-state index contributed by atoms with van der Waals surface area (Å²) in [5, 5.41) is 0. The van der Waals surface area contributed by atoms with Crippen LogP contribution in [0.15, 0.2) is 69.6 Å². The van der Waals surface area contributed by atoms with Crippen LogP contribution in [0.3, 0.4) is 0 Å². The summed E-state index contributed by atoms with van der Waals surface area (Å²) in [5.41, 5.74) is 3.26. The fraction of sp³-hybridized carbons (Fsp3) is 0.231. The molecule has 0 unspecified atom stereocenters. The van der Waals surface area contributed by atoms with Crippen molar-refractivity contribution in [2.45, 2.75) is 33.7 Å². The second-order valence-electron chi connectivity index (χ2n) is 7.88. The smallest absolute Gasteiger partial charge is 0.338 e. The molecular weight excluding hydrogens is 452 g/mol. The molecule has 0 saturated heterocycles. The molecule has 0 N–H and O–H groups in total. The largest absolute Gasteiger partial charge is 0.463 e. The summed E-state index contributed by atoms with van der Waals surface area (Å²) in [6.07, 6.45) is 1.83. The van der Waals surface area contributed by atoms with E-state index in [0.29, 0.717) is 31.9 Å². The SMILES string of the molecule is CCOC(=O)C1=C(C)N=c2sc(=Cc3ccc(C)cc3)c(=O)n2[C@@H]1c1ccc(OC(C)=O)cc1. The average Bonchev–Trinajstić information content (AvgIpc) is 3.09. The number of ether oxygens (including phenoxy) is 2. The van der Waals surface area contributed by atoms with Crippen molar-refractivity contribution in [1.82, 2.24) is 4.57 Å². The van der Waals surface area contributed by atoms with Gasteiger partial charge in [0.05, 0.1) is 28.5 Å². The first-order chi connectivity index (χ1) is 16.3. The van der Waals surface area contributed by atoms with Gasteiger partial charge in [-0.25, -0.2) is 9.79 Å². The quantitative estimate of drug-likeness (QED) is 0.417. The number of hydrogen-bond acceptors (Lipinski definition) is 7. The highest BCUT2D eigenvalue weighted by atomic mass is 32.1. The Morgan fingerprint density at radius 3 is 2.38 bits per heavy atom. The highest BCUT2D eigenvalue weighted by Crippen LogP contribution is 2.31. The van der Waals surface area contributed by atoms with E-state index in [2.05, 4.69) is 4.99 Å². The van der Waals surface area contributed by atoms with E-state index in [-0.39, 0.29) is 12.2 Å². The van der Waals surface area contributed by atoms with Crippen molar-refractivity contribution in [1.29, 1.82) is 0 Å². The van der Waals surface area contributed by atoms with E-state index >= 15 is 0 Å². The van der Waals surface area contributed by atoms with Gasteiger partial charge in [0.15, 0.2) is 4.80 Å². The Labute approximate surface area is 200 Å². The van der Waals surface area contributed by atoms with Crippen molar-refractivity contribution in [3.05, 3.63) is 96.2 Å². The first-order valence-corrected chi connectivity index (χ1v) is 11.6. The number of fused-ring (bicyclic) bond motifs is 1. The lowest BCUT2D eigenvalue weighted by Gasteiger charge is -2.24. The summed E-state index contributed by atoms with van der Waals surface area (Å²) in [4.78, 5) is 42.8.